The summed E-state index contributed by atoms with van der Waals surface area (Å²) in [7, 11) is 0. The fourth-order valence-corrected chi connectivity index (χ4v) is 6.22. The molecule has 0 amide bonds. The van der Waals surface area contributed by atoms with E-state index in [1.807, 2.05) is 24.4 Å². The van der Waals surface area contributed by atoms with Crippen LogP contribution in [0.2, 0.25) is 0 Å². The van der Waals surface area contributed by atoms with Gasteiger partial charge in [0.25, 0.3) is 0 Å². The molecule has 2 aromatic heterocycles. The van der Waals surface area contributed by atoms with Crippen LogP contribution in [-0.4, -0.2) is 9.55 Å². The molecule has 0 aliphatic carbocycles. The van der Waals surface area contributed by atoms with Crippen LogP contribution in [0.3, 0.4) is 0 Å². The maximum atomic E-state index is 6.50. The number of pyridine rings is 1. The van der Waals surface area contributed by atoms with Gasteiger partial charge >= 0.3 is 0 Å². The number of rotatable bonds is 5. The summed E-state index contributed by atoms with van der Waals surface area (Å²) in [6.45, 7) is 19.8. The molecule has 1 aliphatic heterocycles. The first-order valence-corrected chi connectivity index (χ1v) is 16.2. The van der Waals surface area contributed by atoms with Gasteiger partial charge in [-0.2, -0.15) is 12.1 Å². The van der Waals surface area contributed by atoms with E-state index < -0.39 is 0 Å². The van der Waals surface area contributed by atoms with Crippen molar-refractivity contribution >= 4 is 33.2 Å². The summed E-state index contributed by atoms with van der Waals surface area (Å²) in [6.07, 6.45) is 4.13. The Balaban J connectivity index is 0.00000401. The molecule has 5 nitrogen and oxygen atoms in total. The molecule has 0 radical (unpaired) electrons. The van der Waals surface area contributed by atoms with Crippen LogP contribution in [-0.2, 0) is 26.5 Å². The largest absolute Gasteiger partial charge is 0.509 e. The molecular weight excluding hydrogens is 772 g/mol. The molecule has 0 bridgehead atoms. The molecule has 0 N–H and O–H groups in total. The SMILES string of the molecule is Cc1ccc(C)c(N2C=C(C(C)(C)C)N(c3[c-]c(Oc4[c-]c5c(cc4)c4ccccc4n5-c4cc(C(C)(C)C)ccn4)ccc3)[CH-]2)c1.[Pt]. The maximum absolute atomic E-state index is 6.50. The molecular formula is C42H41N4OPt-3. The molecule has 0 atom stereocenters. The van der Waals surface area contributed by atoms with Gasteiger partial charge in [0.2, 0.25) is 0 Å². The molecule has 0 spiro atoms. The third-order valence-corrected chi connectivity index (χ3v) is 8.80. The number of aromatic nitrogens is 2. The Labute approximate surface area is 299 Å². The summed E-state index contributed by atoms with van der Waals surface area (Å²) in [5.74, 6) is 2.11. The molecule has 3 heterocycles. The van der Waals surface area contributed by atoms with Crippen molar-refractivity contribution in [1.29, 1.82) is 0 Å². The number of ether oxygens (including phenoxy) is 1. The number of fused-ring (bicyclic) bond motifs is 3. The first kappa shape index (κ1) is 33.6. The number of nitrogens with zero attached hydrogens (tertiary/aromatic N) is 4. The van der Waals surface area contributed by atoms with Gasteiger partial charge in [0.15, 0.2) is 0 Å². The fraction of sp³-hybridized carbons (Fsp3) is 0.238. The molecule has 1 aliphatic rings. The summed E-state index contributed by atoms with van der Waals surface area (Å²) >= 11 is 0. The Morgan fingerprint density at radius 2 is 1.52 bits per heavy atom. The number of aryl methyl sites for hydroxylation is 2. The second kappa shape index (κ2) is 12.6. The van der Waals surface area contributed by atoms with Crippen LogP contribution in [0.1, 0.15) is 58.2 Å². The number of para-hydroxylation sites is 1. The predicted octanol–water partition coefficient (Wildman–Crippen LogP) is 10.8. The zero-order valence-corrected chi connectivity index (χ0v) is 31.1. The Morgan fingerprint density at radius 3 is 2.29 bits per heavy atom. The number of hydrogen-bond acceptors (Lipinski definition) is 4. The van der Waals surface area contributed by atoms with Crippen molar-refractivity contribution < 1.29 is 25.8 Å². The minimum atomic E-state index is -0.0990. The average Bonchev–Trinajstić information content (AvgIpc) is 3.62. The average molecular weight is 813 g/mol. The zero-order chi connectivity index (χ0) is 33.1. The molecule has 48 heavy (non-hydrogen) atoms. The summed E-state index contributed by atoms with van der Waals surface area (Å²) in [5.41, 5.74) is 8.85. The van der Waals surface area contributed by atoms with Crippen molar-refractivity contribution in [3.8, 4) is 17.3 Å². The normalized spacial score (nSPS) is 13.6. The maximum Gasteiger partial charge on any atom is 0.135 e. The molecule has 0 unspecified atom stereocenters. The van der Waals surface area contributed by atoms with E-state index in [4.69, 9.17) is 9.72 Å². The first-order chi connectivity index (χ1) is 22.4. The first-order valence-electron chi connectivity index (χ1n) is 16.2. The van der Waals surface area contributed by atoms with Crippen molar-refractivity contribution in [2.45, 2.75) is 60.8 Å². The molecule has 0 fully saturated rings. The fourth-order valence-electron chi connectivity index (χ4n) is 6.22. The third kappa shape index (κ3) is 6.29. The Morgan fingerprint density at radius 1 is 0.750 bits per heavy atom. The van der Waals surface area contributed by atoms with Gasteiger partial charge < -0.3 is 19.1 Å². The summed E-state index contributed by atoms with van der Waals surface area (Å²) in [5, 5.41) is 2.26. The van der Waals surface area contributed by atoms with Gasteiger partial charge in [-0.1, -0.05) is 77.4 Å². The molecule has 6 heteroatoms. The van der Waals surface area contributed by atoms with E-state index in [1.165, 1.54) is 28.1 Å². The minimum Gasteiger partial charge on any atom is -0.509 e. The van der Waals surface area contributed by atoms with Crippen molar-refractivity contribution in [2.24, 2.45) is 5.41 Å². The van der Waals surface area contributed by atoms with Crippen LogP contribution in [0.25, 0.3) is 27.6 Å². The zero-order valence-electron chi connectivity index (χ0n) is 28.8. The summed E-state index contributed by atoms with van der Waals surface area (Å²) in [6, 6.07) is 36.6. The number of benzene rings is 4. The Bertz CT molecular complexity index is 2170. The quantitative estimate of drug-likeness (QED) is 0.162. The van der Waals surface area contributed by atoms with Gasteiger partial charge in [-0.25, -0.2) is 4.98 Å². The van der Waals surface area contributed by atoms with E-state index in [0.29, 0.717) is 11.5 Å². The second-order valence-corrected chi connectivity index (χ2v) is 14.5. The molecule has 4 aromatic carbocycles. The topological polar surface area (TPSA) is 33.5 Å². The van der Waals surface area contributed by atoms with Crippen LogP contribution in [0.15, 0.2) is 103 Å². The van der Waals surface area contributed by atoms with E-state index in [1.54, 1.807) is 0 Å². The smallest absolute Gasteiger partial charge is 0.135 e. The molecule has 0 saturated carbocycles. The van der Waals surface area contributed by atoms with E-state index in [2.05, 4.69) is 161 Å². The van der Waals surface area contributed by atoms with Gasteiger partial charge in [-0.05, 0) is 71.8 Å². The van der Waals surface area contributed by atoms with Crippen molar-refractivity contribution in [3.63, 3.8) is 0 Å². The van der Waals surface area contributed by atoms with Crippen LogP contribution >= 0.6 is 0 Å². The monoisotopic (exact) mass is 812 g/mol. The van der Waals surface area contributed by atoms with E-state index in [0.717, 1.165) is 33.3 Å². The van der Waals surface area contributed by atoms with Crippen LogP contribution in [0.4, 0.5) is 11.4 Å². The predicted molar refractivity (Wildman–Crippen MR) is 194 cm³/mol. The van der Waals surface area contributed by atoms with Crippen LogP contribution < -0.4 is 14.5 Å². The molecule has 7 rings (SSSR count). The van der Waals surface area contributed by atoms with Crippen LogP contribution in [0, 0.1) is 38.1 Å². The van der Waals surface area contributed by atoms with Crippen molar-refractivity contribution in [2.75, 3.05) is 9.80 Å². The number of allylic oxidation sites excluding steroid dienone is 1. The second-order valence-electron chi connectivity index (χ2n) is 14.5. The van der Waals surface area contributed by atoms with Gasteiger partial charge in [0.05, 0.1) is 0 Å². The van der Waals surface area contributed by atoms with E-state index in [-0.39, 0.29) is 31.9 Å². The van der Waals surface area contributed by atoms with Gasteiger partial charge in [0.1, 0.15) is 5.82 Å². The number of hydrogen-bond donors (Lipinski definition) is 0. The Kier molecular flexibility index (Phi) is 8.81. The number of anilines is 2. The molecule has 0 saturated heterocycles. The molecule has 248 valence electrons. The minimum absolute atomic E-state index is 0. The Hall–Kier alpha value is -4.34. The standard InChI is InChI=1S/C42H41N4O.Pt/c1-28-16-17-29(2)37(22-28)44-26-39(42(6,7)8)45(27-44)31-12-11-13-32(24-31)47-33-18-19-35-34-14-9-10-15-36(34)46(38(35)25-33)40-23-30(20-21-43-40)41(3,4)5;/h9-23,26-27H,1-8H3;/q-3;. The van der Waals surface area contributed by atoms with E-state index >= 15 is 0 Å². The van der Waals surface area contributed by atoms with Crippen molar-refractivity contribution in [1.82, 2.24) is 9.55 Å². The van der Waals surface area contributed by atoms with Crippen LogP contribution in [0.5, 0.6) is 11.5 Å². The third-order valence-electron chi connectivity index (χ3n) is 8.80. The van der Waals surface area contributed by atoms with Gasteiger partial charge in [-0.3, -0.25) is 0 Å². The summed E-state index contributed by atoms with van der Waals surface area (Å²) < 4.78 is 8.69. The van der Waals surface area contributed by atoms with Gasteiger partial charge in [-0.15, -0.1) is 48.1 Å². The van der Waals surface area contributed by atoms with Gasteiger partial charge in [0, 0.05) is 61.1 Å². The van der Waals surface area contributed by atoms with Crippen molar-refractivity contribution in [3.05, 3.63) is 139 Å². The van der Waals surface area contributed by atoms with E-state index in [9.17, 15) is 0 Å². The molecule has 6 aromatic rings. The summed E-state index contributed by atoms with van der Waals surface area (Å²) in [4.78, 5) is 9.24.